The molecule has 0 bridgehead atoms. The summed E-state index contributed by atoms with van der Waals surface area (Å²) in [7, 11) is -3.56. The first kappa shape index (κ1) is 16.4. The summed E-state index contributed by atoms with van der Waals surface area (Å²) < 4.78 is 32.7. The number of aliphatic hydroxyl groups is 1. The van der Waals surface area contributed by atoms with Crippen LogP contribution in [-0.4, -0.2) is 56.7 Å². The Balaban J connectivity index is 1.77. The molecule has 2 aliphatic rings. The van der Waals surface area contributed by atoms with Crippen LogP contribution in [0.25, 0.3) is 0 Å². The molecule has 0 aromatic heterocycles. The van der Waals surface area contributed by atoms with Crippen LogP contribution in [-0.2, 0) is 32.5 Å². The maximum atomic E-state index is 12.4. The Morgan fingerprint density at radius 3 is 2.91 bits per heavy atom. The Kier molecular flexibility index (Phi) is 4.67. The SMILES string of the molecule is O=C(CO)N1CCc2cc(S(=O)(=O)N[C@@H]3CCOC3)ccc2C1. The van der Waals surface area contributed by atoms with Crippen molar-refractivity contribution in [2.75, 3.05) is 26.4 Å². The summed E-state index contributed by atoms with van der Waals surface area (Å²) in [6.07, 6.45) is 1.26. The Morgan fingerprint density at radius 2 is 2.22 bits per heavy atom. The molecule has 23 heavy (non-hydrogen) atoms. The second-order valence-electron chi connectivity index (χ2n) is 5.84. The number of ether oxygens (including phenoxy) is 1. The predicted octanol–water partition coefficient (Wildman–Crippen LogP) is -0.369. The molecule has 2 aliphatic heterocycles. The van der Waals surface area contributed by atoms with E-state index in [-0.39, 0.29) is 16.8 Å². The van der Waals surface area contributed by atoms with Gasteiger partial charge in [-0.1, -0.05) is 6.07 Å². The lowest BCUT2D eigenvalue weighted by molar-refractivity contribution is -0.135. The number of hydrogen-bond donors (Lipinski definition) is 2. The molecule has 0 radical (unpaired) electrons. The number of carbonyl (C=O) groups excluding carboxylic acids is 1. The summed E-state index contributed by atoms with van der Waals surface area (Å²) in [6, 6.07) is 4.80. The molecule has 1 amide bonds. The van der Waals surface area contributed by atoms with Crippen molar-refractivity contribution in [1.82, 2.24) is 9.62 Å². The number of fused-ring (bicyclic) bond motifs is 1. The fourth-order valence-corrected chi connectivity index (χ4v) is 4.23. The van der Waals surface area contributed by atoms with Crippen molar-refractivity contribution in [2.24, 2.45) is 0 Å². The molecule has 0 saturated carbocycles. The zero-order chi connectivity index (χ0) is 16.4. The standard InChI is InChI=1S/C15H20N2O5S/c18-9-15(19)17-5-3-11-7-14(2-1-12(11)8-17)23(20,21)16-13-4-6-22-10-13/h1-2,7,13,16,18H,3-6,8-10H2/t13-/m1/s1. The van der Waals surface area contributed by atoms with Crippen LogP contribution in [0.5, 0.6) is 0 Å². The van der Waals surface area contributed by atoms with Crippen LogP contribution in [0.2, 0.25) is 0 Å². The normalized spacial score (nSPS) is 21.3. The van der Waals surface area contributed by atoms with E-state index < -0.39 is 16.6 Å². The Bertz CT molecular complexity index is 698. The smallest absolute Gasteiger partial charge is 0.248 e. The van der Waals surface area contributed by atoms with Crippen molar-refractivity contribution >= 4 is 15.9 Å². The van der Waals surface area contributed by atoms with Crippen molar-refractivity contribution in [1.29, 1.82) is 0 Å². The van der Waals surface area contributed by atoms with Gasteiger partial charge in [-0.25, -0.2) is 13.1 Å². The summed E-state index contributed by atoms with van der Waals surface area (Å²) >= 11 is 0. The molecule has 0 spiro atoms. The van der Waals surface area contributed by atoms with E-state index in [0.717, 1.165) is 11.1 Å². The zero-order valence-electron chi connectivity index (χ0n) is 12.7. The summed E-state index contributed by atoms with van der Waals surface area (Å²) in [5, 5.41) is 8.93. The van der Waals surface area contributed by atoms with E-state index in [9.17, 15) is 13.2 Å². The first-order valence-electron chi connectivity index (χ1n) is 7.60. The Morgan fingerprint density at radius 1 is 1.39 bits per heavy atom. The first-order chi connectivity index (χ1) is 11.0. The molecule has 3 rings (SSSR count). The molecule has 0 aliphatic carbocycles. The molecule has 1 saturated heterocycles. The minimum absolute atomic E-state index is 0.173. The van der Waals surface area contributed by atoms with Gasteiger partial charge in [-0.2, -0.15) is 0 Å². The summed E-state index contributed by atoms with van der Waals surface area (Å²) in [4.78, 5) is 13.4. The summed E-state index contributed by atoms with van der Waals surface area (Å²) in [5.41, 5.74) is 1.85. The van der Waals surface area contributed by atoms with Crippen molar-refractivity contribution in [3.8, 4) is 0 Å². The summed E-state index contributed by atoms with van der Waals surface area (Å²) in [6.45, 7) is 1.36. The highest BCUT2D eigenvalue weighted by atomic mass is 32.2. The van der Waals surface area contributed by atoms with Crippen LogP contribution in [0, 0.1) is 0 Å². The highest BCUT2D eigenvalue weighted by molar-refractivity contribution is 7.89. The van der Waals surface area contributed by atoms with E-state index in [4.69, 9.17) is 9.84 Å². The molecule has 1 aromatic carbocycles. The summed E-state index contributed by atoms with van der Waals surface area (Å²) in [5.74, 6) is -0.310. The number of amides is 1. The third kappa shape index (κ3) is 3.55. The molecule has 1 atom stereocenters. The van der Waals surface area contributed by atoms with Crippen LogP contribution in [0.15, 0.2) is 23.1 Å². The number of nitrogens with one attached hydrogen (secondary N) is 1. The van der Waals surface area contributed by atoms with E-state index in [2.05, 4.69) is 4.72 Å². The van der Waals surface area contributed by atoms with Gasteiger partial charge in [-0.15, -0.1) is 0 Å². The number of aliphatic hydroxyl groups excluding tert-OH is 1. The van der Waals surface area contributed by atoms with Crippen molar-refractivity contribution in [2.45, 2.75) is 30.3 Å². The number of carbonyl (C=O) groups is 1. The van der Waals surface area contributed by atoms with Gasteiger partial charge < -0.3 is 14.7 Å². The molecule has 126 valence electrons. The van der Waals surface area contributed by atoms with Gasteiger partial charge in [0.1, 0.15) is 6.61 Å². The number of rotatable bonds is 4. The molecule has 2 N–H and O–H groups in total. The van der Waals surface area contributed by atoms with Crippen molar-refractivity contribution in [3.05, 3.63) is 29.3 Å². The quantitative estimate of drug-likeness (QED) is 0.780. The minimum Gasteiger partial charge on any atom is -0.387 e. The minimum atomic E-state index is -3.56. The van der Waals surface area contributed by atoms with Crippen LogP contribution < -0.4 is 4.72 Å². The topological polar surface area (TPSA) is 95.9 Å². The van der Waals surface area contributed by atoms with Crippen LogP contribution in [0.3, 0.4) is 0 Å². The highest BCUT2D eigenvalue weighted by Gasteiger charge is 2.26. The van der Waals surface area contributed by atoms with E-state index in [1.165, 1.54) is 0 Å². The Hall–Kier alpha value is -1.48. The molecule has 8 heteroatoms. The molecule has 0 unspecified atom stereocenters. The second-order valence-corrected chi connectivity index (χ2v) is 7.55. The average Bonchev–Trinajstić information content (AvgIpc) is 3.05. The number of benzene rings is 1. The van der Waals surface area contributed by atoms with Crippen LogP contribution in [0.1, 0.15) is 17.5 Å². The fraction of sp³-hybridized carbons (Fsp3) is 0.533. The van der Waals surface area contributed by atoms with E-state index in [1.807, 2.05) is 0 Å². The molecular weight excluding hydrogens is 320 g/mol. The van der Waals surface area contributed by atoms with Gasteiger partial charge in [0.05, 0.1) is 11.5 Å². The third-order valence-corrected chi connectivity index (χ3v) is 5.76. The molecule has 2 heterocycles. The predicted molar refractivity (Wildman–Crippen MR) is 82.2 cm³/mol. The lowest BCUT2D eigenvalue weighted by Crippen LogP contribution is -2.38. The van der Waals surface area contributed by atoms with E-state index in [1.54, 1.807) is 23.1 Å². The van der Waals surface area contributed by atoms with Gasteiger partial charge in [-0.3, -0.25) is 4.79 Å². The van der Waals surface area contributed by atoms with Crippen molar-refractivity contribution in [3.63, 3.8) is 0 Å². The highest BCUT2D eigenvalue weighted by Crippen LogP contribution is 2.23. The van der Waals surface area contributed by atoms with Gasteiger partial charge in [0.2, 0.25) is 15.9 Å². The molecule has 1 fully saturated rings. The molecular formula is C15H20N2O5S. The van der Waals surface area contributed by atoms with Gasteiger partial charge in [0.25, 0.3) is 0 Å². The first-order valence-corrected chi connectivity index (χ1v) is 9.08. The number of nitrogens with zero attached hydrogens (tertiary/aromatic N) is 1. The van der Waals surface area contributed by atoms with E-state index >= 15 is 0 Å². The Labute approximate surface area is 135 Å². The van der Waals surface area contributed by atoms with Gasteiger partial charge in [0.15, 0.2) is 0 Å². The van der Waals surface area contributed by atoms with Crippen LogP contribution in [0.4, 0.5) is 0 Å². The lowest BCUT2D eigenvalue weighted by atomic mass is 10.00. The van der Waals surface area contributed by atoms with Gasteiger partial charge in [-0.05, 0) is 36.1 Å². The second kappa shape index (κ2) is 6.56. The third-order valence-electron chi connectivity index (χ3n) is 4.24. The van der Waals surface area contributed by atoms with Gasteiger partial charge >= 0.3 is 0 Å². The maximum Gasteiger partial charge on any atom is 0.248 e. The number of hydrogen-bond acceptors (Lipinski definition) is 5. The molecule has 1 aromatic rings. The van der Waals surface area contributed by atoms with Crippen molar-refractivity contribution < 1.29 is 23.1 Å². The molecule has 7 nitrogen and oxygen atoms in total. The van der Waals surface area contributed by atoms with E-state index in [0.29, 0.717) is 39.1 Å². The zero-order valence-corrected chi connectivity index (χ0v) is 13.5. The number of sulfonamides is 1. The lowest BCUT2D eigenvalue weighted by Gasteiger charge is -2.28. The largest absolute Gasteiger partial charge is 0.387 e. The fourth-order valence-electron chi connectivity index (χ4n) is 2.92. The maximum absolute atomic E-state index is 12.4. The van der Waals surface area contributed by atoms with Gasteiger partial charge in [0, 0.05) is 25.7 Å². The van der Waals surface area contributed by atoms with Crippen LogP contribution >= 0.6 is 0 Å². The average molecular weight is 340 g/mol. The monoisotopic (exact) mass is 340 g/mol.